The minimum absolute atomic E-state index is 0.202. The van der Waals surface area contributed by atoms with Gasteiger partial charge in [-0.15, -0.1) is 0 Å². The Kier molecular flexibility index (Phi) is 2.43. The molecule has 1 aromatic carbocycles. The molecule has 51 valence electrons. The quantitative estimate of drug-likeness (QED) is 0.712. The normalized spacial score (nSPS) is 9.40. The van der Waals surface area contributed by atoms with E-state index in [-0.39, 0.29) is 5.75 Å². The van der Waals surface area contributed by atoms with Gasteiger partial charge in [-0.2, -0.15) is 0 Å². The number of benzene rings is 1. The van der Waals surface area contributed by atoms with Crippen molar-refractivity contribution in [3.63, 3.8) is 0 Å². The van der Waals surface area contributed by atoms with Crippen LogP contribution in [0.3, 0.4) is 0 Å². The Bertz CT molecular complexity index is 235. The van der Waals surface area contributed by atoms with E-state index < -0.39 is 0 Å². The fourth-order valence-corrected chi connectivity index (χ4v) is 1.29. The van der Waals surface area contributed by atoms with Crippen LogP contribution in [0.2, 0.25) is 0 Å². The summed E-state index contributed by atoms with van der Waals surface area (Å²) in [5.41, 5.74) is 0. The summed E-state index contributed by atoms with van der Waals surface area (Å²) in [4.78, 5) is 0. The van der Waals surface area contributed by atoms with Crippen molar-refractivity contribution >= 4 is 26.1 Å². The van der Waals surface area contributed by atoms with Gasteiger partial charge in [-0.05, 0) is 0 Å². The van der Waals surface area contributed by atoms with Crippen LogP contribution in [-0.2, 0) is 0 Å². The number of methoxy groups -OCH3 is 1. The molecule has 2 nitrogen and oxygen atoms in total. The second kappa shape index (κ2) is 3.14. The molecule has 0 aromatic heterocycles. The Morgan fingerprint density at radius 3 is 2.70 bits per heavy atom. The van der Waals surface area contributed by atoms with Crippen molar-refractivity contribution in [2.24, 2.45) is 0 Å². The van der Waals surface area contributed by atoms with Gasteiger partial charge in [0.05, 0.1) is 0 Å². The summed E-state index contributed by atoms with van der Waals surface area (Å²) < 4.78 is 6.06. The minimum atomic E-state index is 0.202. The van der Waals surface area contributed by atoms with Crippen molar-refractivity contribution in [1.29, 1.82) is 0 Å². The Morgan fingerprint density at radius 1 is 1.50 bits per heavy atom. The van der Waals surface area contributed by atoms with Gasteiger partial charge in [0, 0.05) is 0 Å². The third-order valence-electron chi connectivity index (χ3n) is 1.18. The monoisotopic (exact) mass is 243 g/mol. The van der Waals surface area contributed by atoms with E-state index in [4.69, 9.17) is 9.84 Å². The Labute approximate surface area is 72.9 Å². The first-order chi connectivity index (χ1) is 4.74. The zero-order valence-electron chi connectivity index (χ0n) is 5.59. The van der Waals surface area contributed by atoms with Crippen LogP contribution < -0.4 is 8.32 Å². The third-order valence-corrected chi connectivity index (χ3v) is 2.07. The fraction of sp³-hybridized carbons (Fsp3) is 0.143. The van der Waals surface area contributed by atoms with Crippen molar-refractivity contribution in [2.45, 2.75) is 0 Å². The van der Waals surface area contributed by atoms with Crippen LogP contribution in [0.25, 0.3) is 0 Å². The summed E-state index contributed by atoms with van der Waals surface area (Å²) in [7, 11) is 1.55. The van der Waals surface area contributed by atoms with Crippen LogP contribution in [0.1, 0.15) is 0 Å². The van der Waals surface area contributed by atoms with Crippen molar-refractivity contribution < 1.29 is 9.84 Å². The van der Waals surface area contributed by atoms with Crippen molar-refractivity contribution in [3.05, 3.63) is 18.2 Å². The van der Waals surface area contributed by atoms with E-state index in [2.05, 4.69) is 0 Å². The molecule has 0 saturated carbocycles. The summed E-state index contributed by atoms with van der Waals surface area (Å²) in [6.45, 7) is 0. The van der Waals surface area contributed by atoms with Crippen molar-refractivity contribution in [2.75, 3.05) is 7.11 Å². The Balaban J connectivity index is 3.09. The number of ether oxygens (including phenoxy) is 1. The molecule has 0 amide bonds. The van der Waals surface area contributed by atoms with Crippen LogP contribution in [0.5, 0.6) is 11.5 Å². The van der Waals surface area contributed by atoms with E-state index >= 15 is 0 Å². The van der Waals surface area contributed by atoms with Gasteiger partial charge >= 0.3 is 72.8 Å². The van der Waals surface area contributed by atoms with Gasteiger partial charge in [-0.25, -0.2) is 0 Å². The molecule has 1 N–H and O–H groups in total. The molecule has 0 aliphatic rings. The molecule has 0 spiro atoms. The molecule has 1 rings (SSSR count). The summed E-state index contributed by atoms with van der Waals surface area (Å²) in [5.74, 6) is 0.753. The summed E-state index contributed by atoms with van der Waals surface area (Å²) in [5, 5.41) is 9.12. The Hall–Kier alpha value is -0.381. The van der Waals surface area contributed by atoms with Crippen molar-refractivity contribution in [3.8, 4) is 11.5 Å². The molecule has 0 aliphatic heterocycles. The number of rotatable bonds is 1. The molecule has 0 unspecified atom stereocenters. The standard InChI is InChI=1S/C7H7O2.Sn/c1-9-7-5-3-2-4-6(7)8;/h2,4-5,8H,1H3;. The van der Waals surface area contributed by atoms with Crippen LogP contribution in [0, 0.1) is 0 Å². The molecular formula is C7H7O2Sn. The maximum absolute atomic E-state index is 9.12. The van der Waals surface area contributed by atoms with E-state index in [0.717, 1.165) is 0 Å². The molecule has 10 heavy (non-hydrogen) atoms. The SMILES string of the molecule is COc1c[c]([Sn])ccc1O. The third kappa shape index (κ3) is 1.56. The van der Waals surface area contributed by atoms with Gasteiger partial charge in [0.1, 0.15) is 0 Å². The molecule has 0 fully saturated rings. The zero-order valence-corrected chi connectivity index (χ0v) is 8.44. The van der Waals surface area contributed by atoms with Crippen LogP contribution in [0.4, 0.5) is 0 Å². The van der Waals surface area contributed by atoms with Gasteiger partial charge in [-0.3, -0.25) is 0 Å². The average Bonchev–Trinajstić information content (AvgIpc) is 1.94. The number of hydrogen-bond donors (Lipinski definition) is 1. The summed E-state index contributed by atoms with van der Waals surface area (Å²) in [6.07, 6.45) is 0. The second-order valence-electron chi connectivity index (χ2n) is 1.89. The van der Waals surface area contributed by atoms with Gasteiger partial charge in [0.25, 0.3) is 0 Å². The number of aromatic hydroxyl groups is 1. The van der Waals surface area contributed by atoms with Crippen LogP contribution in [-0.4, -0.2) is 34.7 Å². The number of phenols is 1. The second-order valence-corrected chi connectivity index (χ2v) is 3.53. The van der Waals surface area contributed by atoms with Crippen LogP contribution in [0.15, 0.2) is 18.2 Å². The molecule has 0 atom stereocenters. The fourth-order valence-electron chi connectivity index (χ4n) is 0.678. The molecule has 3 heteroatoms. The van der Waals surface area contributed by atoms with Gasteiger partial charge in [0.2, 0.25) is 0 Å². The molecule has 3 radical (unpaired) electrons. The average molecular weight is 242 g/mol. The maximum atomic E-state index is 9.12. The van der Waals surface area contributed by atoms with E-state index in [9.17, 15) is 0 Å². The van der Waals surface area contributed by atoms with E-state index in [1.165, 1.54) is 26.1 Å². The van der Waals surface area contributed by atoms with Crippen LogP contribution >= 0.6 is 0 Å². The van der Waals surface area contributed by atoms with Crippen molar-refractivity contribution in [1.82, 2.24) is 0 Å². The zero-order chi connectivity index (χ0) is 7.56. The van der Waals surface area contributed by atoms with Gasteiger partial charge in [0.15, 0.2) is 0 Å². The molecule has 1 aromatic rings. The first-order valence-electron chi connectivity index (χ1n) is 2.82. The van der Waals surface area contributed by atoms with Gasteiger partial charge in [-0.1, -0.05) is 0 Å². The predicted molar refractivity (Wildman–Crippen MR) is 40.0 cm³/mol. The van der Waals surface area contributed by atoms with E-state index in [1.807, 2.05) is 12.1 Å². The number of phenolic OH excluding ortho intramolecular Hbond substituents is 1. The summed E-state index contributed by atoms with van der Waals surface area (Å²) in [6, 6.07) is 5.34. The molecule has 0 heterocycles. The van der Waals surface area contributed by atoms with E-state index in [1.54, 1.807) is 13.2 Å². The summed E-state index contributed by atoms with van der Waals surface area (Å²) >= 11 is 1.32. The Morgan fingerprint density at radius 2 is 2.20 bits per heavy atom. The number of hydrogen-bond acceptors (Lipinski definition) is 2. The van der Waals surface area contributed by atoms with E-state index in [0.29, 0.717) is 5.75 Å². The first-order valence-corrected chi connectivity index (χ1v) is 4.25. The predicted octanol–water partition coefficient (Wildman–Crippen LogP) is 0.195. The molecule has 0 saturated heterocycles. The topological polar surface area (TPSA) is 29.5 Å². The van der Waals surface area contributed by atoms with Gasteiger partial charge < -0.3 is 0 Å². The molecule has 0 aliphatic carbocycles. The first kappa shape index (κ1) is 7.72. The molecular weight excluding hydrogens is 235 g/mol. The molecule has 0 bridgehead atoms.